The Morgan fingerprint density at radius 3 is 2.71 bits per heavy atom. The Bertz CT molecular complexity index is 454. The molecule has 0 radical (unpaired) electrons. The number of carbonyl (C=O) groups excluding carboxylic acids is 1. The molecule has 4 N–H and O–H groups in total. The summed E-state index contributed by atoms with van der Waals surface area (Å²) in [5.41, 5.74) is 0.652. The maximum atomic E-state index is 11.7. The van der Waals surface area contributed by atoms with Crippen LogP contribution in [0.4, 0.5) is 5.69 Å². The molecule has 0 aromatic heterocycles. The minimum absolute atomic E-state index is 0.0380. The molecule has 2 rings (SSSR count). The number of ether oxygens (including phenoxy) is 2. The molecule has 1 aliphatic rings. The van der Waals surface area contributed by atoms with Crippen LogP contribution in [0.25, 0.3) is 0 Å². The molecule has 0 bridgehead atoms. The van der Waals surface area contributed by atoms with E-state index in [4.69, 9.17) is 14.6 Å². The lowest BCUT2D eigenvalue weighted by atomic mass is 10.0. The van der Waals surface area contributed by atoms with Gasteiger partial charge in [-0.3, -0.25) is 4.79 Å². The first-order valence-electron chi connectivity index (χ1n) is 6.69. The number of aliphatic hydroxyl groups excluding tert-OH is 3. The van der Waals surface area contributed by atoms with Crippen LogP contribution in [0.2, 0.25) is 0 Å². The van der Waals surface area contributed by atoms with E-state index >= 15 is 0 Å². The van der Waals surface area contributed by atoms with Gasteiger partial charge in [0.15, 0.2) is 6.29 Å². The van der Waals surface area contributed by atoms with Gasteiger partial charge >= 0.3 is 0 Å². The van der Waals surface area contributed by atoms with Crippen molar-refractivity contribution in [2.45, 2.75) is 31.0 Å². The highest BCUT2D eigenvalue weighted by atomic mass is 16.7. The van der Waals surface area contributed by atoms with E-state index in [0.717, 1.165) is 0 Å². The fourth-order valence-electron chi connectivity index (χ4n) is 2.06. The lowest BCUT2D eigenvalue weighted by Gasteiger charge is -2.35. The molecule has 0 aliphatic carbocycles. The average molecular weight is 297 g/mol. The van der Waals surface area contributed by atoms with Crippen LogP contribution in [0.15, 0.2) is 30.3 Å². The largest absolute Gasteiger partial charge is 0.394 e. The van der Waals surface area contributed by atoms with E-state index in [-0.39, 0.29) is 18.9 Å². The molecule has 7 heteroatoms. The summed E-state index contributed by atoms with van der Waals surface area (Å²) in [6, 6.07) is 8.92. The van der Waals surface area contributed by atoms with Crippen molar-refractivity contribution in [3.8, 4) is 0 Å². The molecular weight excluding hydrogens is 278 g/mol. The molecular formula is C14H19NO6. The van der Waals surface area contributed by atoms with Crippen LogP contribution in [-0.4, -0.2) is 59.0 Å². The Balaban J connectivity index is 1.78. The third-order valence-electron chi connectivity index (χ3n) is 3.17. The fourth-order valence-corrected chi connectivity index (χ4v) is 2.06. The number of nitrogens with one attached hydrogen (secondary N) is 1. The van der Waals surface area contributed by atoms with E-state index in [1.54, 1.807) is 24.3 Å². The molecule has 21 heavy (non-hydrogen) atoms. The molecule has 1 aromatic carbocycles. The summed E-state index contributed by atoms with van der Waals surface area (Å²) in [5, 5.41) is 30.9. The number of hydrogen-bond donors (Lipinski definition) is 4. The molecule has 1 heterocycles. The standard InChI is InChI=1S/C14H19NO6/c16-7-11-14(19)10(17)6-13(21-11)20-8-12(18)15-9-4-2-1-3-5-9/h1-5,10-11,13-14,16-17,19H,6-8H2,(H,15,18)/t10-,11-,13?,14-/m1/s1. The molecule has 1 amide bonds. The maximum absolute atomic E-state index is 11.7. The van der Waals surface area contributed by atoms with Crippen LogP contribution in [0, 0.1) is 0 Å². The summed E-state index contributed by atoms with van der Waals surface area (Å²) in [4.78, 5) is 11.7. The van der Waals surface area contributed by atoms with Gasteiger partial charge in [-0.1, -0.05) is 18.2 Å². The summed E-state index contributed by atoms with van der Waals surface area (Å²) in [7, 11) is 0. The number of anilines is 1. The van der Waals surface area contributed by atoms with Crippen LogP contribution in [0.5, 0.6) is 0 Å². The number of rotatable bonds is 5. The van der Waals surface area contributed by atoms with E-state index in [1.807, 2.05) is 6.07 Å². The summed E-state index contributed by atoms with van der Waals surface area (Å²) < 4.78 is 10.5. The van der Waals surface area contributed by atoms with Gasteiger partial charge in [-0.2, -0.15) is 0 Å². The number of aliphatic hydroxyl groups is 3. The maximum Gasteiger partial charge on any atom is 0.250 e. The van der Waals surface area contributed by atoms with Crippen molar-refractivity contribution in [2.24, 2.45) is 0 Å². The first-order valence-corrected chi connectivity index (χ1v) is 6.69. The molecule has 7 nitrogen and oxygen atoms in total. The third-order valence-corrected chi connectivity index (χ3v) is 3.17. The molecule has 1 aromatic rings. The molecule has 0 saturated carbocycles. The average Bonchev–Trinajstić information content (AvgIpc) is 2.49. The molecule has 4 atom stereocenters. The SMILES string of the molecule is O=C(COC1C[C@@H](O)[C@@H](O)[C@@H](CO)O1)Nc1ccccc1. The first-order chi connectivity index (χ1) is 10.1. The number of para-hydroxylation sites is 1. The van der Waals surface area contributed by atoms with Gasteiger partial charge in [-0.15, -0.1) is 0 Å². The topological polar surface area (TPSA) is 108 Å². The van der Waals surface area contributed by atoms with E-state index in [9.17, 15) is 15.0 Å². The molecule has 116 valence electrons. The van der Waals surface area contributed by atoms with Crippen molar-refractivity contribution in [3.63, 3.8) is 0 Å². The van der Waals surface area contributed by atoms with Gasteiger partial charge in [0, 0.05) is 12.1 Å². The normalized spacial score (nSPS) is 29.1. The minimum Gasteiger partial charge on any atom is -0.394 e. The van der Waals surface area contributed by atoms with Crippen LogP contribution in [0.3, 0.4) is 0 Å². The number of amides is 1. The molecule has 1 fully saturated rings. The Kier molecular flexibility index (Phi) is 5.66. The van der Waals surface area contributed by atoms with Gasteiger partial charge in [0.1, 0.15) is 18.8 Å². The van der Waals surface area contributed by atoms with Crippen LogP contribution in [0.1, 0.15) is 6.42 Å². The molecule has 0 spiro atoms. The van der Waals surface area contributed by atoms with Crippen molar-refractivity contribution in [3.05, 3.63) is 30.3 Å². The lowest BCUT2D eigenvalue weighted by molar-refractivity contribution is -0.255. The molecule has 1 aliphatic heterocycles. The first kappa shape index (κ1) is 15.9. The van der Waals surface area contributed by atoms with Gasteiger partial charge in [0.25, 0.3) is 0 Å². The van der Waals surface area contributed by atoms with Crippen molar-refractivity contribution in [2.75, 3.05) is 18.5 Å². The monoisotopic (exact) mass is 297 g/mol. The number of hydrogen-bond acceptors (Lipinski definition) is 6. The quantitative estimate of drug-likeness (QED) is 0.582. The molecule has 1 saturated heterocycles. The predicted molar refractivity (Wildman–Crippen MR) is 73.4 cm³/mol. The highest BCUT2D eigenvalue weighted by molar-refractivity contribution is 5.91. The predicted octanol–water partition coefficient (Wildman–Crippen LogP) is -0.529. The Morgan fingerprint density at radius 2 is 2.05 bits per heavy atom. The lowest BCUT2D eigenvalue weighted by Crippen LogP contribution is -2.50. The van der Waals surface area contributed by atoms with E-state index < -0.39 is 31.2 Å². The van der Waals surface area contributed by atoms with E-state index in [1.165, 1.54) is 0 Å². The summed E-state index contributed by atoms with van der Waals surface area (Å²) in [6.45, 7) is -0.686. The Morgan fingerprint density at radius 1 is 1.33 bits per heavy atom. The van der Waals surface area contributed by atoms with Gasteiger partial charge in [-0.05, 0) is 12.1 Å². The second-order valence-corrected chi connectivity index (χ2v) is 4.81. The van der Waals surface area contributed by atoms with Crippen molar-refractivity contribution < 1.29 is 29.6 Å². The van der Waals surface area contributed by atoms with Crippen LogP contribution >= 0.6 is 0 Å². The van der Waals surface area contributed by atoms with Crippen molar-refractivity contribution in [1.29, 1.82) is 0 Å². The zero-order chi connectivity index (χ0) is 15.2. The minimum atomic E-state index is -1.16. The van der Waals surface area contributed by atoms with E-state index in [0.29, 0.717) is 5.69 Å². The highest BCUT2D eigenvalue weighted by Crippen LogP contribution is 2.21. The van der Waals surface area contributed by atoms with Gasteiger partial charge in [0.05, 0.1) is 12.7 Å². The fraction of sp³-hybridized carbons (Fsp3) is 0.500. The van der Waals surface area contributed by atoms with Gasteiger partial charge in [-0.25, -0.2) is 0 Å². The smallest absolute Gasteiger partial charge is 0.250 e. The Labute approximate surface area is 122 Å². The van der Waals surface area contributed by atoms with E-state index in [2.05, 4.69) is 5.32 Å². The van der Waals surface area contributed by atoms with Crippen molar-refractivity contribution in [1.82, 2.24) is 0 Å². The second kappa shape index (κ2) is 7.48. The zero-order valence-electron chi connectivity index (χ0n) is 11.4. The Hall–Kier alpha value is -1.51. The van der Waals surface area contributed by atoms with Crippen molar-refractivity contribution >= 4 is 11.6 Å². The summed E-state index contributed by atoms with van der Waals surface area (Å²) in [5.74, 6) is -0.356. The molecule has 1 unspecified atom stereocenters. The second-order valence-electron chi connectivity index (χ2n) is 4.81. The van der Waals surface area contributed by atoms with Gasteiger partial charge in [0.2, 0.25) is 5.91 Å². The third kappa shape index (κ3) is 4.48. The van der Waals surface area contributed by atoms with Crippen LogP contribution < -0.4 is 5.32 Å². The summed E-state index contributed by atoms with van der Waals surface area (Å²) >= 11 is 0. The summed E-state index contributed by atoms with van der Waals surface area (Å²) in [6.07, 6.45) is -3.94. The number of benzene rings is 1. The highest BCUT2D eigenvalue weighted by Gasteiger charge is 2.36. The zero-order valence-corrected chi connectivity index (χ0v) is 11.4. The number of carbonyl (C=O) groups is 1. The van der Waals surface area contributed by atoms with Gasteiger partial charge < -0.3 is 30.1 Å². The van der Waals surface area contributed by atoms with Crippen LogP contribution in [-0.2, 0) is 14.3 Å².